The van der Waals surface area contributed by atoms with Gasteiger partial charge in [0.2, 0.25) is 0 Å². The minimum Gasteiger partial charge on any atom is -0.406 e. The van der Waals surface area contributed by atoms with Gasteiger partial charge in [0.25, 0.3) is 0 Å². The number of nitrogens with two attached hydrogens (primary N) is 1. The second kappa shape index (κ2) is 7.47. The van der Waals surface area contributed by atoms with E-state index >= 15 is 0 Å². The van der Waals surface area contributed by atoms with Crippen LogP contribution in [0.2, 0.25) is 0 Å². The Morgan fingerprint density at radius 3 is 2.60 bits per heavy atom. The van der Waals surface area contributed by atoms with E-state index < -0.39 is 6.36 Å². The largest absolute Gasteiger partial charge is 0.573 e. The van der Waals surface area contributed by atoms with E-state index in [9.17, 15) is 13.2 Å². The summed E-state index contributed by atoms with van der Waals surface area (Å²) in [6.07, 6.45) is -4.71. The highest BCUT2D eigenvalue weighted by molar-refractivity contribution is 5.31. The molecule has 3 N–H and O–H groups in total. The lowest BCUT2D eigenvalue weighted by Crippen LogP contribution is -2.34. The minimum absolute atomic E-state index is 0.0151. The molecule has 0 amide bonds. The standard InChI is InChI=1S/C13H19F3N2O2/c1-9(19-2)8-18-12(7-17)10-4-3-5-11(6-10)20-13(14,15)16/h3-6,9,12,18H,7-8,17H2,1-2H3. The van der Waals surface area contributed by atoms with Crippen LogP contribution in [0.15, 0.2) is 24.3 Å². The first-order chi connectivity index (χ1) is 9.35. The molecule has 0 aliphatic rings. The third kappa shape index (κ3) is 5.77. The van der Waals surface area contributed by atoms with Gasteiger partial charge in [-0.2, -0.15) is 0 Å². The highest BCUT2D eigenvalue weighted by Crippen LogP contribution is 2.25. The number of rotatable bonds is 7. The number of ether oxygens (including phenoxy) is 2. The van der Waals surface area contributed by atoms with E-state index in [-0.39, 0.29) is 24.4 Å². The molecular weight excluding hydrogens is 273 g/mol. The Labute approximate surface area is 116 Å². The van der Waals surface area contributed by atoms with Gasteiger partial charge >= 0.3 is 6.36 Å². The van der Waals surface area contributed by atoms with Crippen molar-refractivity contribution < 1.29 is 22.6 Å². The number of alkyl halides is 3. The maximum atomic E-state index is 12.2. The van der Waals surface area contributed by atoms with Crippen molar-refractivity contribution in [3.63, 3.8) is 0 Å². The Hall–Kier alpha value is -1.31. The fourth-order valence-corrected chi connectivity index (χ4v) is 1.66. The van der Waals surface area contributed by atoms with Crippen LogP contribution in [0.1, 0.15) is 18.5 Å². The monoisotopic (exact) mass is 292 g/mol. The first-order valence-electron chi connectivity index (χ1n) is 6.17. The van der Waals surface area contributed by atoms with E-state index in [0.717, 1.165) is 0 Å². The van der Waals surface area contributed by atoms with Crippen molar-refractivity contribution in [3.8, 4) is 5.75 Å². The molecule has 1 rings (SSSR count). The lowest BCUT2D eigenvalue weighted by molar-refractivity contribution is -0.274. The zero-order valence-corrected chi connectivity index (χ0v) is 11.4. The lowest BCUT2D eigenvalue weighted by Gasteiger charge is -2.20. The lowest BCUT2D eigenvalue weighted by atomic mass is 10.1. The second-order valence-electron chi connectivity index (χ2n) is 4.36. The van der Waals surface area contributed by atoms with Gasteiger partial charge in [0.1, 0.15) is 5.75 Å². The van der Waals surface area contributed by atoms with Crippen LogP contribution >= 0.6 is 0 Å². The third-order valence-corrected chi connectivity index (χ3v) is 2.78. The van der Waals surface area contributed by atoms with Gasteiger partial charge in [-0.3, -0.25) is 0 Å². The molecule has 0 radical (unpaired) electrons. The maximum absolute atomic E-state index is 12.2. The summed E-state index contributed by atoms with van der Waals surface area (Å²) < 4.78 is 45.5. The molecule has 7 heteroatoms. The summed E-state index contributed by atoms with van der Waals surface area (Å²) in [5.41, 5.74) is 6.28. The molecule has 0 spiro atoms. The maximum Gasteiger partial charge on any atom is 0.573 e. The summed E-state index contributed by atoms with van der Waals surface area (Å²) in [7, 11) is 1.58. The fraction of sp³-hybridized carbons (Fsp3) is 0.538. The van der Waals surface area contributed by atoms with E-state index in [4.69, 9.17) is 10.5 Å². The summed E-state index contributed by atoms with van der Waals surface area (Å²) in [5.74, 6) is -0.255. The molecule has 1 aromatic carbocycles. The average Bonchev–Trinajstić information content (AvgIpc) is 2.37. The van der Waals surface area contributed by atoms with Crippen LogP contribution in [0.4, 0.5) is 13.2 Å². The van der Waals surface area contributed by atoms with Crippen LogP contribution in [0.3, 0.4) is 0 Å². The molecule has 0 aliphatic heterocycles. The van der Waals surface area contributed by atoms with Crippen molar-refractivity contribution >= 4 is 0 Å². The van der Waals surface area contributed by atoms with E-state index in [0.29, 0.717) is 12.1 Å². The molecule has 0 aliphatic carbocycles. The third-order valence-electron chi connectivity index (χ3n) is 2.78. The van der Waals surface area contributed by atoms with Gasteiger partial charge in [-0.15, -0.1) is 13.2 Å². The highest BCUT2D eigenvalue weighted by Gasteiger charge is 2.31. The van der Waals surface area contributed by atoms with Crippen molar-refractivity contribution in [2.75, 3.05) is 20.2 Å². The van der Waals surface area contributed by atoms with Gasteiger partial charge in [-0.05, 0) is 24.6 Å². The van der Waals surface area contributed by atoms with Crippen molar-refractivity contribution in [2.24, 2.45) is 5.73 Å². The van der Waals surface area contributed by atoms with Crippen LogP contribution in [-0.2, 0) is 4.74 Å². The van der Waals surface area contributed by atoms with Crippen LogP contribution < -0.4 is 15.8 Å². The smallest absolute Gasteiger partial charge is 0.406 e. The van der Waals surface area contributed by atoms with Gasteiger partial charge < -0.3 is 20.5 Å². The van der Waals surface area contributed by atoms with E-state index in [1.807, 2.05) is 6.92 Å². The van der Waals surface area contributed by atoms with Gasteiger partial charge in [0.15, 0.2) is 0 Å². The molecule has 0 saturated carbocycles. The SMILES string of the molecule is COC(C)CNC(CN)c1cccc(OC(F)(F)F)c1. The molecule has 2 atom stereocenters. The Kier molecular flexibility index (Phi) is 6.25. The van der Waals surface area contributed by atoms with Gasteiger partial charge in [-0.1, -0.05) is 12.1 Å². The second-order valence-corrected chi connectivity index (χ2v) is 4.36. The quantitative estimate of drug-likeness (QED) is 0.809. The molecule has 0 saturated heterocycles. The molecule has 0 heterocycles. The van der Waals surface area contributed by atoms with Crippen LogP contribution in [0.25, 0.3) is 0 Å². The van der Waals surface area contributed by atoms with Gasteiger partial charge in [0, 0.05) is 26.2 Å². The molecule has 20 heavy (non-hydrogen) atoms. The first kappa shape index (κ1) is 16.7. The molecule has 0 aromatic heterocycles. The Balaban J connectivity index is 2.74. The van der Waals surface area contributed by atoms with Gasteiger partial charge in [0.05, 0.1) is 6.10 Å². The number of hydrogen-bond acceptors (Lipinski definition) is 4. The molecule has 4 nitrogen and oxygen atoms in total. The summed E-state index contributed by atoms with van der Waals surface area (Å²) in [5, 5.41) is 3.14. The number of nitrogens with one attached hydrogen (secondary N) is 1. The van der Waals surface area contributed by atoms with Crippen LogP contribution in [0.5, 0.6) is 5.75 Å². The number of hydrogen-bond donors (Lipinski definition) is 2. The fourth-order valence-electron chi connectivity index (χ4n) is 1.66. The summed E-state index contributed by atoms with van der Waals surface area (Å²) in [6.45, 7) is 2.68. The molecule has 0 bridgehead atoms. The molecule has 1 aromatic rings. The zero-order chi connectivity index (χ0) is 15.2. The molecule has 2 unspecified atom stereocenters. The zero-order valence-electron chi connectivity index (χ0n) is 11.4. The summed E-state index contributed by atoms with van der Waals surface area (Å²) in [4.78, 5) is 0. The van der Waals surface area contributed by atoms with Crippen LogP contribution in [-0.4, -0.2) is 32.7 Å². The number of benzene rings is 1. The van der Waals surface area contributed by atoms with Gasteiger partial charge in [-0.25, -0.2) is 0 Å². The predicted octanol–water partition coefficient (Wildman–Crippen LogP) is 2.21. The Morgan fingerprint density at radius 2 is 2.05 bits per heavy atom. The van der Waals surface area contributed by atoms with E-state index in [1.165, 1.54) is 18.2 Å². The van der Waals surface area contributed by atoms with Crippen molar-refractivity contribution in [3.05, 3.63) is 29.8 Å². The molecule has 114 valence electrons. The summed E-state index contributed by atoms with van der Waals surface area (Å²) >= 11 is 0. The average molecular weight is 292 g/mol. The van der Waals surface area contributed by atoms with Crippen molar-refractivity contribution in [2.45, 2.75) is 25.4 Å². The first-order valence-corrected chi connectivity index (χ1v) is 6.17. The van der Waals surface area contributed by atoms with E-state index in [1.54, 1.807) is 13.2 Å². The predicted molar refractivity (Wildman–Crippen MR) is 69.4 cm³/mol. The Bertz CT molecular complexity index is 413. The number of halogens is 3. The topological polar surface area (TPSA) is 56.5 Å². The van der Waals surface area contributed by atoms with E-state index in [2.05, 4.69) is 10.1 Å². The Morgan fingerprint density at radius 1 is 1.35 bits per heavy atom. The molecular formula is C13H19F3N2O2. The summed E-state index contributed by atoms with van der Waals surface area (Å²) in [6, 6.07) is 5.52. The number of methoxy groups -OCH3 is 1. The van der Waals surface area contributed by atoms with Crippen molar-refractivity contribution in [1.82, 2.24) is 5.32 Å². The minimum atomic E-state index is -4.70. The normalized spacial score (nSPS) is 14.9. The highest BCUT2D eigenvalue weighted by atomic mass is 19.4. The molecule has 0 fully saturated rings. The van der Waals surface area contributed by atoms with Crippen molar-refractivity contribution in [1.29, 1.82) is 0 Å². The van der Waals surface area contributed by atoms with Crippen LogP contribution in [0, 0.1) is 0 Å².